The minimum atomic E-state index is -0.657. The molecule has 0 unspecified atom stereocenters. The molecule has 2 N–H and O–H groups in total. The van der Waals surface area contributed by atoms with E-state index in [0.29, 0.717) is 42.0 Å². The average Bonchev–Trinajstić information content (AvgIpc) is 3.41. The zero-order valence-corrected chi connectivity index (χ0v) is 28.9. The second kappa shape index (κ2) is 14.5. The number of amides is 3. The van der Waals surface area contributed by atoms with Crippen molar-refractivity contribution in [3.63, 3.8) is 0 Å². The Morgan fingerprint density at radius 3 is 2.33 bits per heavy atom. The van der Waals surface area contributed by atoms with Crippen LogP contribution in [0.15, 0.2) is 48.7 Å². The predicted molar refractivity (Wildman–Crippen MR) is 182 cm³/mol. The van der Waals surface area contributed by atoms with Crippen LogP contribution in [0.25, 0.3) is 10.9 Å². The Labute approximate surface area is 282 Å². The molecule has 2 fully saturated rings. The number of nitrogens with zero attached hydrogens (tertiary/aromatic N) is 4. The number of nitrogens with one attached hydrogen (secondary N) is 2. The van der Waals surface area contributed by atoms with Crippen molar-refractivity contribution in [3.05, 3.63) is 60.0 Å². The Balaban J connectivity index is 1.24. The number of rotatable bonds is 6. The lowest BCUT2D eigenvalue weighted by Crippen LogP contribution is -2.57. The molecule has 2 aromatic carbocycles. The molecule has 11 nitrogen and oxygen atoms in total. The van der Waals surface area contributed by atoms with Crippen molar-refractivity contribution in [2.45, 2.75) is 84.5 Å². The lowest BCUT2D eigenvalue weighted by Gasteiger charge is -2.42. The first-order valence-corrected chi connectivity index (χ1v) is 16.9. The van der Waals surface area contributed by atoms with Gasteiger partial charge < -0.3 is 29.9 Å². The molecule has 3 aromatic rings. The molecule has 0 bridgehead atoms. The lowest BCUT2D eigenvalue weighted by atomic mass is 9.88. The summed E-state index contributed by atoms with van der Waals surface area (Å²) in [5, 5.41) is 11.0. The Morgan fingerprint density at radius 2 is 1.62 bits per heavy atom. The normalized spacial score (nSPS) is 20.7. The van der Waals surface area contributed by atoms with E-state index in [4.69, 9.17) is 9.47 Å². The highest BCUT2D eigenvalue weighted by atomic mass is 19.1. The van der Waals surface area contributed by atoms with Crippen molar-refractivity contribution in [2.24, 2.45) is 11.8 Å². The Hall–Kier alpha value is -4.19. The van der Waals surface area contributed by atoms with Crippen LogP contribution in [0.3, 0.4) is 0 Å². The SMILES string of the molecule is CC(C)(C)OC(=O)N1CC[C@@H](NC(=O)Nc2ccc3c(cnn3C(=O)OC(C)(C)C)c2)[C@H](CN2CCC[C@@H](Cc3ccc(F)cc3)C2)C1. The van der Waals surface area contributed by atoms with Gasteiger partial charge in [0.1, 0.15) is 17.0 Å². The minimum absolute atomic E-state index is 0.0175. The smallest absolute Gasteiger partial charge is 0.435 e. The van der Waals surface area contributed by atoms with Gasteiger partial charge in [0.25, 0.3) is 0 Å². The highest BCUT2D eigenvalue weighted by Crippen LogP contribution is 2.27. The first kappa shape index (κ1) is 35.1. The summed E-state index contributed by atoms with van der Waals surface area (Å²) in [4.78, 5) is 43.2. The average molecular weight is 665 g/mol. The molecule has 3 amide bonds. The molecule has 3 heterocycles. The van der Waals surface area contributed by atoms with Crippen LogP contribution in [0, 0.1) is 17.7 Å². The van der Waals surface area contributed by atoms with Gasteiger partial charge in [-0.15, -0.1) is 0 Å². The minimum Gasteiger partial charge on any atom is -0.444 e. The summed E-state index contributed by atoms with van der Waals surface area (Å²) in [5.41, 5.74) is 1.00. The van der Waals surface area contributed by atoms with E-state index in [0.717, 1.165) is 44.5 Å². The maximum atomic E-state index is 13.5. The molecule has 5 rings (SSSR count). The van der Waals surface area contributed by atoms with E-state index in [1.165, 1.54) is 16.8 Å². The number of hydrogen-bond donors (Lipinski definition) is 2. The van der Waals surface area contributed by atoms with Crippen LogP contribution in [-0.4, -0.2) is 87.8 Å². The maximum Gasteiger partial charge on any atom is 0.435 e. The quantitative estimate of drug-likeness (QED) is 0.303. The molecule has 2 aliphatic rings. The number of carbonyl (C=O) groups excluding carboxylic acids is 3. The Bertz CT molecular complexity index is 1590. The van der Waals surface area contributed by atoms with Crippen molar-refractivity contribution in [1.29, 1.82) is 0 Å². The summed E-state index contributed by atoms with van der Waals surface area (Å²) >= 11 is 0. The molecule has 0 aliphatic carbocycles. The first-order valence-electron chi connectivity index (χ1n) is 16.9. The second-order valence-electron chi connectivity index (χ2n) is 15.1. The molecule has 2 aliphatic heterocycles. The van der Waals surface area contributed by atoms with Crippen LogP contribution >= 0.6 is 0 Å². The lowest BCUT2D eigenvalue weighted by molar-refractivity contribution is 0.00957. The van der Waals surface area contributed by atoms with Gasteiger partial charge in [-0.1, -0.05) is 12.1 Å². The van der Waals surface area contributed by atoms with Crippen LogP contribution in [0.1, 0.15) is 66.4 Å². The summed E-state index contributed by atoms with van der Waals surface area (Å²) in [5.74, 6) is 0.198. The van der Waals surface area contributed by atoms with E-state index in [1.807, 2.05) is 32.9 Å². The molecule has 2 saturated heterocycles. The number of halogens is 1. The fraction of sp³-hybridized carbons (Fsp3) is 0.556. The molecule has 3 atom stereocenters. The Morgan fingerprint density at radius 1 is 0.917 bits per heavy atom. The summed E-state index contributed by atoms with van der Waals surface area (Å²) in [7, 11) is 0. The van der Waals surface area contributed by atoms with Crippen LogP contribution in [0.4, 0.5) is 24.5 Å². The molecule has 0 radical (unpaired) electrons. The number of anilines is 1. The molecule has 12 heteroatoms. The third-order valence-corrected chi connectivity index (χ3v) is 8.63. The zero-order valence-electron chi connectivity index (χ0n) is 28.9. The van der Waals surface area contributed by atoms with Crippen LogP contribution in [-0.2, 0) is 15.9 Å². The number of fused-ring (bicyclic) bond motifs is 1. The standard InChI is InChI=1S/C36H49FN6O5/c1-35(2,3)47-33(45)42-17-15-30(27(23-42)22-41-16-7-8-25(21-41)18-24-9-11-28(37)12-10-24)40-32(44)39-29-13-14-31-26(19-29)20-38-43(31)34(46)48-36(4,5)6/h9-14,19-20,25,27,30H,7-8,15-18,21-23H2,1-6H3,(H2,39,40,44)/t25-,27+,30+/m0/s1. The number of ether oxygens (including phenoxy) is 2. The van der Waals surface area contributed by atoms with Crippen molar-refractivity contribution >= 4 is 34.8 Å². The molecule has 260 valence electrons. The third-order valence-electron chi connectivity index (χ3n) is 8.63. The maximum absolute atomic E-state index is 13.5. The summed E-state index contributed by atoms with van der Waals surface area (Å²) in [6.07, 6.45) is 4.28. The number of likely N-dealkylation sites (tertiary alicyclic amines) is 2. The number of piperidine rings is 2. The van der Waals surface area contributed by atoms with Gasteiger partial charge >= 0.3 is 18.2 Å². The topological polar surface area (TPSA) is 118 Å². The van der Waals surface area contributed by atoms with E-state index >= 15 is 0 Å². The van der Waals surface area contributed by atoms with Gasteiger partial charge in [0.15, 0.2) is 0 Å². The van der Waals surface area contributed by atoms with Gasteiger partial charge in [-0.2, -0.15) is 9.78 Å². The van der Waals surface area contributed by atoms with E-state index in [9.17, 15) is 18.8 Å². The van der Waals surface area contributed by atoms with E-state index in [1.54, 1.807) is 50.1 Å². The van der Waals surface area contributed by atoms with Crippen molar-refractivity contribution in [2.75, 3.05) is 38.0 Å². The largest absolute Gasteiger partial charge is 0.444 e. The van der Waals surface area contributed by atoms with Gasteiger partial charge in [-0.25, -0.2) is 18.8 Å². The zero-order chi connectivity index (χ0) is 34.6. The molecular formula is C36H49FN6O5. The Kier molecular flexibility index (Phi) is 10.6. The number of hydrogen-bond acceptors (Lipinski definition) is 7. The van der Waals surface area contributed by atoms with E-state index < -0.39 is 17.3 Å². The molecular weight excluding hydrogens is 615 g/mol. The monoisotopic (exact) mass is 664 g/mol. The van der Waals surface area contributed by atoms with Crippen molar-refractivity contribution in [1.82, 2.24) is 24.9 Å². The summed E-state index contributed by atoms with van der Waals surface area (Å²) < 4.78 is 25.8. The highest BCUT2D eigenvalue weighted by Gasteiger charge is 2.36. The number of carbonyl (C=O) groups is 3. The summed E-state index contributed by atoms with van der Waals surface area (Å²) in [6.45, 7) is 14.5. The van der Waals surface area contributed by atoms with Gasteiger partial charge in [-0.3, -0.25) is 0 Å². The summed E-state index contributed by atoms with van der Waals surface area (Å²) in [6, 6.07) is 11.4. The van der Waals surface area contributed by atoms with Gasteiger partial charge in [0.05, 0.1) is 11.7 Å². The van der Waals surface area contributed by atoms with Crippen LogP contribution in [0.2, 0.25) is 0 Å². The van der Waals surface area contributed by atoms with Crippen LogP contribution in [0.5, 0.6) is 0 Å². The highest BCUT2D eigenvalue weighted by molar-refractivity contribution is 5.94. The van der Waals surface area contributed by atoms with Crippen molar-refractivity contribution in [3.8, 4) is 0 Å². The van der Waals surface area contributed by atoms with Gasteiger partial charge in [0.2, 0.25) is 0 Å². The predicted octanol–water partition coefficient (Wildman–Crippen LogP) is 6.66. The van der Waals surface area contributed by atoms with E-state index in [-0.39, 0.29) is 29.9 Å². The fourth-order valence-electron chi connectivity index (χ4n) is 6.57. The van der Waals surface area contributed by atoms with Gasteiger partial charge in [0, 0.05) is 49.2 Å². The molecule has 0 saturated carbocycles. The third kappa shape index (κ3) is 9.68. The second-order valence-corrected chi connectivity index (χ2v) is 15.1. The molecule has 0 spiro atoms. The number of urea groups is 1. The first-order chi connectivity index (χ1) is 22.6. The molecule has 48 heavy (non-hydrogen) atoms. The van der Waals surface area contributed by atoms with E-state index in [2.05, 4.69) is 20.6 Å². The number of benzene rings is 2. The van der Waals surface area contributed by atoms with Gasteiger partial charge in [-0.05, 0) is 116 Å². The fourth-order valence-corrected chi connectivity index (χ4v) is 6.57. The van der Waals surface area contributed by atoms with Crippen molar-refractivity contribution < 1.29 is 28.2 Å². The number of aromatic nitrogens is 2. The van der Waals surface area contributed by atoms with Crippen LogP contribution < -0.4 is 10.6 Å². The molecule has 1 aromatic heterocycles.